The summed E-state index contributed by atoms with van der Waals surface area (Å²) in [5.41, 5.74) is -0.822. The van der Waals surface area contributed by atoms with Crippen LogP contribution in [-0.2, 0) is 0 Å². The number of carbonyl (C=O) groups is 1. The second-order valence-electron chi connectivity index (χ2n) is 1.68. The molecule has 1 aromatic rings. The van der Waals surface area contributed by atoms with Crippen LogP contribution in [0.1, 0.15) is 10.4 Å². The van der Waals surface area contributed by atoms with Crippen molar-refractivity contribution in [2.45, 2.75) is 0 Å². The molecule has 0 aliphatic carbocycles. The lowest BCUT2D eigenvalue weighted by atomic mass is 10.3. The monoisotopic (exact) mass is 160 g/mol. The number of aromatic nitrogens is 2. The van der Waals surface area contributed by atoms with E-state index < -0.39 is 23.4 Å². The maximum Gasteiger partial charge on any atom is 0.340 e. The third-order valence-electron chi connectivity index (χ3n) is 0.949. The van der Waals surface area contributed by atoms with Gasteiger partial charge in [0.05, 0.1) is 0 Å². The van der Waals surface area contributed by atoms with Gasteiger partial charge in [0.15, 0.2) is 0 Å². The molecule has 0 radical (unpaired) electrons. The molecule has 6 heteroatoms. The van der Waals surface area contributed by atoms with Crippen molar-refractivity contribution in [3.8, 4) is 0 Å². The summed E-state index contributed by atoms with van der Waals surface area (Å²) < 4.78 is 24.4. The molecule has 0 fully saturated rings. The van der Waals surface area contributed by atoms with Crippen LogP contribution in [0.4, 0.5) is 8.78 Å². The first kappa shape index (κ1) is 7.52. The lowest BCUT2D eigenvalue weighted by Crippen LogP contribution is -2.05. The molecule has 0 aliphatic heterocycles. The van der Waals surface area contributed by atoms with Crippen LogP contribution in [0, 0.1) is 11.9 Å². The minimum atomic E-state index is -1.57. The Hall–Kier alpha value is -1.59. The molecule has 58 valence electrons. The topological polar surface area (TPSA) is 63.1 Å². The predicted molar refractivity (Wildman–Crippen MR) is 28.9 cm³/mol. The Kier molecular flexibility index (Phi) is 1.75. The molecule has 1 rings (SSSR count). The van der Waals surface area contributed by atoms with Crippen LogP contribution in [0.3, 0.4) is 0 Å². The van der Waals surface area contributed by atoms with Crippen molar-refractivity contribution in [1.29, 1.82) is 0 Å². The molecule has 0 aliphatic rings. The molecule has 11 heavy (non-hydrogen) atoms. The largest absolute Gasteiger partial charge is 0.478 e. The summed E-state index contributed by atoms with van der Waals surface area (Å²) in [5.74, 6) is -3.99. The van der Waals surface area contributed by atoms with Crippen LogP contribution in [0.5, 0.6) is 0 Å². The first-order valence-corrected chi connectivity index (χ1v) is 2.53. The zero-order chi connectivity index (χ0) is 8.43. The normalized spacial score (nSPS) is 9.64. The second-order valence-corrected chi connectivity index (χ2v) is 1.68. The predicted octanol–water partition coefficient (Wildman–Crippen LogP) is 0.453. The molecule has 0 saturated carbocycles. The van der Waals surface area contributed by atoms with Gasteiger partial charge in [-0.05, 0) is 0 Å². The van der Waals surface area contributed by atoms with Crippen molar-refractivity contribution in [1.82, 2.24) is 10.2 Å². The number of aromatic carboxylic acids is 1. The molecule has 0 spiro atoms. The van der Waals surface area contributed by atoms with E-state index in [0.29, 0.717) is 6.07 Å². The van der Waals surface area contributed by atoms with Gasteiger partial charge < -0.3 is 5.11 Å². The van der Waals surface area contributed by atoms with E-state index in [-0.39, 0.29) is 0 Å². The first-order valence-electron chi connectivity index (χ1n) is 2.53. The molecule has 0 unspecified atom stereocenters. The van der Waals surface area contributed by atoms with Crippen molar-refractivity contribution >= 4 is 5.97 Å². The minimum Gasteiger partial charge on any atom is -0.478 e. The maximum absolute atomic E-state index is 12.3. The molecule has 1 N–H and O–H groups in total. The van der Waals surface area contributed by atoms with Gasteiger partial charge in [-0.15, -0.1) is 10.2 Å². The first-order chi connectivity index (χ1) is 5.11. The number of halogens is 2. The van der Waals surface area contributed by atoms with Gasteiger partial charge in [-0.25, -0.2) is 4.79 Å². The van der Waals surface area contributed by atoms with Gasteiger partial charge in [0.25, 0.3) is 0 Å². The fourth-order valence-electron chi connectivity index (χ4n) is 0.503. The highest BCUT2D eigenvalue weighted by atomic mass is 19.1. The highest BCUT2D eigenvalue weighted by Crippen LogP contribution is 2.03. The van der Waals surface area contributed by atoms with Crippen molar-refractivity contribution in [2.24, 2.45) is 0 Å². The quantitative estimate of drug-likeness (QED) is 0.647. The Bertz CT molecular complexity index is 303. The number of nitrogens with zero attached hydrogens (tertiary/aromatic N) is 2. The number of hydrogen-bond donors (Lipinski definition) is 1. The molecule has 1 heterocycles. The second kappa shape index (κ2) is 2.57. The molecule has 0 atom stereocenters. The Morgan fingerprint density at radius 3 is 2.55 bits per heavy atom. The smallest absolute Gasteiger partial charge is 0.340 e. The van der Waals surface area contributed by atoms with Crippen molar-refractivity contribution in [2.75, 3.05) is 0 Å². The average Bonchev–Trinajstić information content (AvgIpc) is 1.94. The minimum absolute atomic E-state index is 0.463. The van der Waals surface area contributed by atoms with E-state index >= 15 is 0 Å². The molecule has 0 aromatic carbocycles. The molecule has 0 saturated heterocycles. The van der Waals surface area contributed by atoms with Gasteiger partial charge in [0, 0.05) is 6.07 Å². The van der Waals surface area contributed by atoms with Crippen molar-refractivity contribution < 1.29 is 18.7 Å². The van der Waals surface area contributed by atoms with Gasteiger partial charge in [-0.2, -0.15) is 8.78 Å². The van der Waals surface area contributed by atoms with E-state index in [1.54, 1.807) is 0 Å². The van der Waals surface area contributed by atoms with Crippen LogP contribution < -0.4 is 0 Å². The van der Waals surface area contributed by atoms with E-state index in [0.717, 1.165) is 0 Å². The molecular formula is C5H2F2N2O2. The zero-order valence-corrected chi connectivity index (χ0v) is 5.08. The van der Waals surface area contributed by atoms with Gasteiger partial charge in [0.2, 0.25) is 11.9 Å². The maximum atomic E-state index is 12.3. The standard InChI is InChI=1S/C5H2F2N2O2/c6-3-1-2(5(10)11)4(7)9-8-3/h1H,(H,10,11). The average molecular weight is 160 g/mol. The number of rotatable bonds is 1. The molecule has 0 bridgehead atoms. The highest BCUT2D eigenvalue weighted by Gasteiger charge is 2.12. The Morgan fingerprint density at radius 1 is 1.45 bits per heavy atom. The highest BCUT2D eigenvalue weighted by molar-refractivity contribution is 5.87. The molecule has 1 aromatic heterocycles. The summed E-state index contributed by atoms with van der Waals surface area (Å²) in [6.07, 6.45) is 0. The summed E-state index contributed by atoms with van der Waals surface area (Å²) in [6, 6.07) is 0.463. The van der Waals surface area contributed by atoms with Crippen LogP contribution in [0.25, 0.3) is 0 Å². The third-order valence-corrected chi connectivity index (χ3v) is 0.949. The Balaban J connectivity index is 3.23. The van der Waals surface area contributed by atoms with E-state index in [4.69, 9.17) is 5.11 Å². The summed E-state index contributed by atoms with van der Waals surface area (Å²) >= 11 is 0. The third kappa shape index (κ3) is 1.46. The Morgan fingerprint density at radius 2 is 2.09 bits per heavy atom. The van der Waals surface area contributed by atoms with Crippen LogP contribution in [0.2, 0.25) is 0 Å². The van der Waals surface area contributed by atoms with Crippen LogP contribution in [0.15, 0.2) is 6.07 Å². The van der Waals surface area contributed by atoms with Gasteiger partial charge >= 0.3 is 5.97 Å². The summed E-state index contributed by atoms with van der Waals surface area (Å²) in [6.45, 7) is 0. The van der Waals surface area contributed by atoms with Gasteiger partial charge in [-0.1, -0.05) is 0 Å². The molecule has 0 amide bonds. The van der Waals surface area contributed by atoms with Crippen LogP contribution >= 0.6 is 0 Å². The lowest BCUT2D eigenvalue weighted by Gasteiger charge is -1.92. The number of carboxylic acids is 1. The molecule has 4 nitrogen and oxygen atoms in total. The Labute approximate surface area is 59.5 Å². The van der Waals surface area contributed by atoms with Gasteiger partial charge in [0.1, 0.15) is 5.56 Å². The number of carboxylic acid groups (broad SMARTS) is 1. The van der Waals surface area contributed by atoms with Crippen molar-refractivity contribution in [3.05, 3.63) is 23.5 Å². The SMILES string of the molecule is O=C(O)c1cc(F)nnc1F. The van der Waals surface area contributed by atoms with E-state index in [2.05, 4.69) is 10.2 Å². The van der Waals surface area contributed by atoms with Crippen LogP contribution in [-0.4, -0.2) is 21.3 Å². The zero-order valence-electron chi connectivity index (χ0n) is 5.08. The van der Waals surface area contributed by atoms with E-state index in [1.807, 2.05) is 0 Å². The lowest BCUT2D eigenvalue weighted by molar-refractivity contribution is 0.0689. The van der Waals surface area contributed by atoms with E-state index in [1.165, 1.54) is 0 Å². The number of hydrogen-bond acceptors (Lipinski definition) is 3. The van der Waals surface area contributed by atoms with Gasteiger partial charge in [-0.3, -0.25) is 0 Å². The fourth-order valence-corrected chi connectivity index (χ4v) is 0.503. The summed E-state index contributed by atoms with van der Waals surface area (Å²) in [7, 11) is 0. The van der Waals surface area contributed by atoms with E-state index in [9.17, 15) is 13.6 Å². The summed E-state index contributed by atoms with van der Waals surface area (Å²) in [4.78, 5) is 10.1. The fraction of sp³-hybridized carbons (Fsp3) is 0. The summed E-state index contributed by atoms with van der Waals surface area (Å²) in [5, 5.41) is 13.5. The van der Waals surface area contributed by atoms with Crippen molar-refractivity contribution in [3.63, 3.8) is 0 Å². The molecular weight excluding hydrogens is 158 g/mol.